The van der Waals surface area contributed by atoms with Gasteiger partial charge in [-0.25, -0.2) is 4.39 Å². The first kappa shape index (κ1) is 16.9. The van der Waals surface area contributed by atoms with Gasteiger partial charge < -0.3 is 14.6 Å². The molecule has 1 N–H and O–H groups in total. The summed E-state index contributed by atoms with van der Waals surface area (Å²) in [7, 11) is 0. The summed E-state index contributed by atoms with van der Waals surface area (Å²) in [6.07, 6.45) is 1.53. The number of benzene rings is 3. The standard InChI is InChI=1S/C23H21FO3/c24-16-7-9-18-19-8-6-15-4-1-2-5-17(15)22(19)23(25,20(18)14-16)11-10-21-26-12-3-13-27-21/h1-2,4-9,14,21,25H,3,10-13H2. The number of halogens is 1. The maximum absolute atomic E-state index is 14.1. The fraction of sp³-hybridized carbons (Fsp3) is 0.304. The minimum absolute atomic E-state index is 0.321. The van der Waals surface area contributed by atoms with Gasteiger partial charge in [-0.3, -0.25) is 0 Å². The molecule has 0 spiro atoms. The summed E-state index contributed by atoms with van der Waals surface area (Å²) in [4.78, 5) is 0. The van der Waals surface area contributed by atoms with Crippen LogP contribution in [0.2, 0.25) is 0 Å². The second-order valence-corrected chi connectivity index (χ2v) is 7.32. The van der Waals surface area contributed by atoms with Gasteiger partial charge in [0.25, 0.3) is 0 Å². The molecule has 1 heterocycles. The molecule has 3 aromatic carbocycles. The molecule has 0 saturated carbocycles. The Morgan fingerprint density at radius 2 is 1.78 bits per heavy atom. The van der Waals surface area contributed by atoms with Crippen LogP contribution in [0.1, 0.15) is 30.4 Å². The summed E-state index contributed by atoms with van der Waals surface area (Å²) in [5, 5.41) is 13.9. The van der Waals surface area contributed by atoms with Gasteiger partial charge in [0.2, 0.25) is 0 Å². The summed E-state index contributed by atoms with van der Waals surface area (Å²) < 4.78 is 25.4. The van der Waals surface area contributed by atoms with Gasteiger partial charge in [0.05, 0.1) is 13.2 Å². The molecule has 3 nitrogen and oxygen atoms in total. The smallest absolute Gasteiger partial charge is 0.157 e. The normalized spacial score (nSPS) is 22.0. The van der Waals surface area contributed by atoms with Crippen molar-refractivity contribution in [3.63, 3.8) is 0 Å². The molecule has 1 unspecified atom stereocenters. The molecule has 138 valence electrons. The van der Waals surface area contributed by atoms with Crippen molar-refractivity contribution < 1.29 is 19.0 Å². The minimum Gasteiger partial charge on any atom is -0.380 e. The highest BCUT2D eigenvalue weighted by atomic mass is 19.1. The molecule has 27 heavy (non-hydrogen) atoms. The number of ether oxygens (including phenoxy) is 2. The number of hydrogen-bond acceptors (Lipinski definition) is 3. The first-order chi connectivity index (χ1) is 13.2. The van der Waals surface area contributed by atoms with E-state index >= 15 is 0 Å². The van der Waals surface area contributed by atoms with Crippen molar-refractivity contribution >= 4 is 10.8 Å². The zero-order chi connectivity index (χ0) is 18.4. The van der Waals surface area contributed by atoms with E-state index in [9.17, 15) is 9.50 Å². The lowest BCUT2D eigenvalue weighted by atomic mass is 9.84. The predicted octanol–water partition coefficient (Wildman–Crippen LogP) is 4.74. The molecule has 3 aromatic rings. The van der Waals surface area contributed by atoms with Gasteiger partial charge in [-0.2, -0.15) is 0 Å². The lowest BCUT2D eigenvalue weighted by Gasteiger charge is -2.30. The number of aliphatic hydroxyl groups is 1. The summed E-state index contributed by atoms with van der Waals surface area (Å²) in [5.74, 6) is -0.338. The summed E-state index contributed by atoms with van der Waals surface area (Å²) in [6, 6.07) is 16.8. The molecular weight excluding hydrogens is 343 g/mol. The third kappa shape index (κ3) is 2.67. The monoisotopic (exact) mass is 364 g/mol. The van der Waals surface area contributed by atoms with Crippen LogP contribution >= 0.6 is 0 Å². The maximum atomic E-state index is 14.1. The van der Waals surface area contributed by atoms with Gasteiger partial charge in [0.1, 0.15) is 11.4 Å². The van der Waals surface area contributed by atoms with E-state index in [0.29, 0.717) is 31.6 Å². The van der Waals surface area contributed by atoms with Crippen LogP contribution in [0.4, 0.5) is 4.39 Å². The van der Waals surface area contributed by atoms with Crippen molar-refractivity contribution in [3.8, 4) is 11.1 Å². The predicted molar refractivity (Wildman–Crippen MR) is 102 cm³/mol. The van der Waals surface area contributed by atoms with Gasteiger partial charge in [0, 0.05) is 12.0 Å². The molecule has 4 heteroatoms. The third-order valence-electron chi connectivity index (χ3n) is 5.70. The van der Waals surface area contributed by atoms with Gasteiger partial charge in [-0.15, -0.1) is 0 Å². The summed E-state index contributed by atoms with van der Waals surface area (Å²) in [6.45, 7) is 1.35. The first-order valence-electron chi connectivity index (χ1n) is 9.45. The molecule has 1 aliphatic carbocycles. The Balaban J connectivity index is 1.65. The molecule has 1 saturated heterocycles. The molecule has 0 radical (unpaired) electrons. The molecule has 1 atom stereocenters. The van der Waals surface area contributed by atoms with Gasteiger partial charge in [-0.1, -0.05) is 42.5 Å². The van der Waals surface area contributed by atoms with Crippen LogP contribution in [0.3, 0.4) is 0 Å². The Hall–Kier alpha value is -2.27. The number of fused-ring (bicyclic) bond motifs is 5. The van der Waals surface area contributed by atoms with Crippen molar-refractivity contribution in [2.75, 3.05) is 13.2 Å². The molecule has 0 amide bonds. The molecule has 2 aliphatic rings. The van der Waals surface area contributed by atoms with Gasteiger partial charge in [0.15, 0.2) is 6.29 Å². The van der Waals surface area contributed by atoms with E-state index in [4.69, 9.17) is 9.47 Å². The van der Waals surface area contributed by atoms with E-state index in [1.54, 1.807) is 6.07 Å². The Labute approximate surface area is 157 Å². The number of rotatable bonds is 3. The second-order valence-electron chi connectivity index (χ2n) is 7.32. The Morgan fingerprint density at radius 1 is 1.00 bits per heavy atom. The van der Waals surface area contributed by atoms with Crippen LogP contribution in [-0.4, -0.2) is 24.6 Å². The molecule has 1 aliphatic heterocycles. The van der Waals surface area contributed by atoms with Crippen molar-refractivity contribution in [3.05, 3.63) is 71.5 Å². The average molecular weight is 364 g/mol. The molecule has 0 aromatic heterocycles. The zero-order valence-electron chi connectivity index (χ0n) is 15.0. The number of hydrogen-bond donors (Lipinski definition) is 1. The van der Waals surface area contributed by atoms with Gasteiger partial charge in [-0.05, 0) is 52.4 Å². The van der Waals surface area contributed by atoms with Crippen molar-refractivity contribution in [2.45, 2.75) is 31.2 Å². The lowest BCUT2D eigenvalue weighted by molar-refractivity contribution is -0.185. The van der Waals surface area contributed by atoms with Crippen LogP contribution < -0.4 is 0 Å². The molecule has 5 rings (SSSR count). The fourth-order valence-electron chi connectivity index (χ4n) is 4.46. The Bertz CT molecular complexity index is 1010. The van der Waals surface area contributed by atoms with Crippen molar-refractivity contribution in [1.82, 2.24) is 0 Å². The molecule has 1 fully saturated rings. The van der Waals surface area contributed by atoms with E-state index in [0.717, 1.165) is 33.9 Å². The van der Waals surface area contributed by atoms with E-state index in [-0.39, 0.29) is 12.1 Å². The molecule has 0 bridgehead atoms. The summed E-state index contributed by atoms with van der Waals surface area (Å²) >= 11 is 0. The quantitative estimate of drug-likeness (QED) is 0.730. The van der Waals surface area contributed by atoms with Crippen molar-refractivity contribution in [1.29, 1.82) is 0 Å². The lowest BCUT2D eigenvalue weighted by Crippen LogP contribution is -2.30. The van der Waals surface area contributed by atoms with Crippen LogP contribution in [0, 0.1) is 5.82 Å². The van der Waals surface area contributed by atoms with Gasteiger partial charge >= 0.3 is 0 Å². The first-order valence-corrected chi connectivity index (χ1v) is 9.45. The van der Waals surface area contributed by atoms with Crippen LogP contribution in [0.15, 0.2) is 54.6 Å². The average Bonchev–Trinajstić information content (AvgIpc) is 2.96. The van der Waals surface area contributed by atoms with Crippen molar-refractivity contribution in [2.24, 2.45) is 0 Å². The highest BCUT2D eigenvalue weighted by molar-refractivity contribution is 5.97. The van der Waals surface area contributed by atoms with Crippen LogP contribution in [-0.2, 0) is 15.1 Å². The van der Waals surface area contributed by atoms with E-state index in [1.807, 2.05) is 30.3 Å². The van der Waals surface area contributed by atoms with Crippen LogP contribution in [0.5, 0.6) is 0 Å². The highest BCUT2D eigenvalue weighted by Gasteiger charge is 2.43. The Kier molecular flexibility index (Phi) is 4.01. The Morgan fingerprint density at radius 3 is 2.63 bits per heavy atom. The fourth-order valence-corrected chi connectivity index (χ4v) is 4.46. The SMILES string of the molecule is OC1(CCC2OCCCO2)c2cc(F)ccc2-c2ccc3ccccc3c21. The van der Waals surface area contributed by atoms with E-state index in [1.165, 1.54) is 12.1 Å². The molecular formula is C23H21FO3. The second kappa shape index (κ2) is 6.41. The maximum Gasteiger partial charge on any atom is 0.157 e. The zero-order valence-corrected chi connectivity index (χ0v) is 15.0. The van der Waals surface area contributed by atoms with E-state index < -0.39 is 5.60 Å². The highest BCUT2D eigenvalue weighted by Crippen LogP contribution is 2.52. The largest absolute Gasteiger partial charge is 0.380 e. The third-order valence-corrected chi connectivity index (χ3v) is 5.70. The van der Waals surface area contributed by atoms with Crippen LogP contribution in [0.25, 0.3) is 21.9 Å². The van der Waals surface area contributed by atoms with E-state index in [2.05, 4.69) is 6.07 Å². The topological polar surface area (TPSA) is 38.7 Å². The minimum atomic E-state index is -1.27. The summed E-state index contributed by atoms with van der Waals surface area (Å²) in [5.41, 5.74) is 2.08.